The number of aromatic amines is 1. The van der Waals surface area contributed by atoms with Crippen LogP contribution in [0, 0.1) is 0 Å². The number of anilines is 1. The van der Waals surface area contributed by atoms with E-state index in [2.05, 4.69) is 15.0 Å². The molecule has 0 atom stereocenters. The van der Waals surface area contributed by atoms with Gasteiger partial charge in [-0.25, -0.2) is 9.78 Å². The van der Waals surface area contributed by atoms with Crippen LogP contribution in [0.3, 0.4) is 0 Å². The van der Waals surface area contributed by atoms with Crippen LogP contribution in [0.25, 0.3) is 22.1 Å². The van der Waals surface area contributed by atoms with Gasteiger partial charge in [0.15, 0.2) is 0 Å². The maximum absolute atomic E-state index is 11.9. The number of H-pyrrole nitrogens is 1. The summed E-state index contributed by atoms with van der Waals surface area (Å²) >= 11 is 0. The normalized spacial score (nSPS) is 11.4. The molecule has 3 aromatic heterocycles. The SMILES string of the molecule is NCCn1c(=O)[nH]c2c(N)nc3cccnc3c21. The van der Waals surface area contributed by atoms with Crippen molar-refractivity contribution in [3.63, 3.8) is 0 Å². The Bertz CT molecular complexity index is 787. The molecule has 5 N–H and O–H groups in total. The number of nitrogens with one attached hydrogen (secondary N) is 1. The van der Waals surface area contributed by atoms with Crippen LogP contribution < -0.4 is 17.2 Å². The van der Waals surface area contributed by atoms with Crippen molar-refractivity contribution in [2.24, 2.45) is 5.73 Å². The Morgan fingerprint density at radius 3 is 3.06 bits per heavy atom. The molecular formula is C11H12N6O. The van der Waals surface area contributed by atoms with E-state index in [1.54, 1.807) is 16.8 Å². The second kappa shape index (κ2) is 3.81. The number of nitrogen functional groups attached to an aromatic ring is 1. The highest BCUT2D eigenvalue weighted by Crippen LogP contribution is 2.23. The average Bonchev–Trinajstić information content (AvgIpc) is 2.69. The van der Waals surface area contributed by atoms with Gasteiger partial charge in [0.25, 0.3) is 0 Å². The lowest BCUT2D eigenvalue weighted by atomic mass is 10.2. The third-order valence-electron chi connectivity index (χ3n) is 2.84. The van der Waals surface area contributed by atoms with Crippen LogP contribution in [0.1, 0.15) is 0 Å². The minimum atomic E-state index is -0.248. The van der Waals surface area contributed by atoms with Crippen molar-refractivity contribution in [1.82, 2.24) is 19.5 Å². The first-order valence-corrected chi connectivity index (χ1v) is 5.55. The Balaban J connectivity index is 2.56. The highest BCUT2D eigenvalue weighted by atomic mass is 16.1. The molecule has 0 unspecified atom stereocenters. The Kier molecular flexibility index (Phi) is 2.27. The van der Waals surface area contributed by atoms with E-state index in [0.717, 1.165) is 0 Å². The molecule has 92 valence electrons. The van der Waals surface area contributed by atoms with Gasteiger partial charge in [-0.3, -0.25) is 9.55 Å². The molecule has 0 aliphatic rings. The lowest BCUT2D eigenvalue weighted by molar-refractivity contribution is 0.704. The molecule has 7 heteroatoms. The molecule has 0 saturated heterocycles. The van der Waals surface area contributed by atoms with E-state index < -0.39 is 0 Å². The zero-order chi connectivity index (χ0) is 12.7. The van der Waals surface area contributed by atoms with E-state index in [-0.39, 0.29) is 5.69 Å². The van der Waals surface area contributed by atoms with Gasteiger partial charge in [0.05, 0.1) is 5.52 Å². The van der Waals surface area contributed by atoms with Gasteiger partial charge in [0.1, 0.15) is 22.4 Å². The summed E-state index contributed by atoms with van der Waals surface area (Å²) in [6.07, 6.45) is 1.66. The monoisotopic (exact) mass is 244 g/mol. The Labute approximate surface area is 101 Å². The van der Waals surface area contributed by atoms with E-state index in [9.17, 15) is 4.79 Å². The largest absolute Gasteiger partial charge is 0.382 e. The summed E-state index contributed by atoms with van der Waals surface area (Å²) in [7, 11) is 0. The average molecular weight is 244 g/mol. The number of nitrogens with zero attached hydrogens (tertiary/aromatic N) is 3. The summed E-state index contributed by atoms with van der Waals surface area (Å²) in [4.78, 5) is 23.0. The van der Waals surface area contributed by atoms with Crippen LogP contribution in [-0.2, 0) is 6.54 Å². The third kappa shape index (κ3) is 1.37. The van der Waals surface area contributed by atoms with Crippen molar-refractivity contribution >= 4 is 27.9 Å². The van der Waals surface area contributed by atoms with Gasteiger partial charge in [-0.2, -0.15) is 0 Å². The second-order valence-electron chi connectivity index (χ2n) is 3.96. The summed E-state index contributed by atoms with van der Waals surface area (Å²) in [6, 6.07) is 3.58. The molecule has 3 aromatic rings. The molecule has 0 radical (unpaired) electrons. The van der Waals surface area contributed by atoms with Gasteiger partial charge in [-0.1, -0.05) is 0 Å². The fraction of sp³-hybridized carbons (Fsp3) is 0.182. The van der Waals surface area contributed by atoms with E-state index in [1.807, 2.05) is 6.07 Å². The van der Waals surface area contributed by atoms with Crippen molar-refractivity contribution in [3.8, 4) is 0 Å². The molecule has 0 aromatic carbocycles. The van der Waals surface area contributed by atoms with Crippen molar-refractivity contribution in [2.45, 2.75) is 6.54 Å². The van der Waals surface area contributed by atoms with Crippen LogP contribution in [0.5, 0.6) is 0 Å². The first kappa shape index (κ1) is 10.7. The molecule has 0 aliphatic carbocycles. The van der Waals surface area contributed by atoms with Crippen molar-refractivity contribution < 1.29 is 0 Å². The van der Waals surface area contributed by atoms with Crippen molar-refractivity contribution in [1.29, 1.82) is 0 Å². The molecule has 7 nitrogen and oxygen atoms in total. The number of hydrogen-bond donors (Lipinski definition) is 3. The number of hydrogen-bond acceptors (Lipinski definition) is 5. The highest BCUT2D eigenvalue weighted by molar-refractivity contribution is 6.03. The van der Waals surface area contributed by atoms with Crippen LogP contribution in [0.15, 0.2) is 23.1 Å². The number of imidazole rings is 1. The summed E-state index contributed by atoms with van der Waals surface area (Å²) in [5.74, 6) is 0.290. The van der Waals surface area contributed by atoms with E-state index in [0.29, 0.717) is 41.0 Å². The summed E-state index contributed by atoms with van der Waals surface area (Å²) in [6.45, 7) is 0.775. The van der Waals surface area contributed by atoms with E-state index >= 15 is 0 Å². The zero-order valence-corrected chi connectivity index (χ0v) is 9.55. The summed E-state index contributed by atoms with van der Waals surface area (Å²) < 4.78 is 1.54. The zero-order valence-electron chi connectivity index (χ0n) is 9.55. The van der Waals surface area contributed by atoms with Crippen molar-refractivity contribution in [3.05, 3.63) is 28.8 Å². The van der Waals surface area contributed by atoms with E-state index in [1.165, 1.54) is 0 Å². The predicted octanol–water partition coefficient (Wildman–Crippen LogP) is -0.186. The minimum Gasteiger partial charge on any atom is -0.382 e. The lowest BCUT2D eigenvalue weighted by Gasteiger charge is -2.04. The standard InChI is InChI=1S/C11H12N6O/c12-3-5-17-9-7-6(2-1-4-14-7)15-10(13)8(9)16-11(17)18/h1-2,4H,3,5,12H2,(H2,13,15)(H,16,18). The molecule has 18 heavy (non-hydrogen) atoms. The molecule has 0 aliphatic heterocycles. The predicted molar refractivity (Wildman–Crippen MR) is 69.1 cm³/mol. The van der Waals surface area contributed by atoms with Crippen molar-refractivity contribution in [2.75, 3.05) is 12.3 Å². The Morgan fingerprint density at radius 2 is 2.28 bits per heavy atom. The lowest BCUT2D eigenvalue weighted by Crippen LogP contribution is -2.21. The van der Waals surface area contributed by atoms with Gasteiger partial charge < -0.3 is 16.5 Å². The molecule has 3 rings (SSSR count). The molecule has 0 saturated carbocycles. The van der Waals surface area contributed by atoms with Crippen LogP contribution in [0.4, 0.5) is 5.82 Å². The van der Waals surface area contributed by atoms with Gasteiger partial charge in [0, 0.05) is 19.3 Å². The molecule has 3 heterocycles. The van der Waals surface area contributed by atoms with Crippen LogP contribution in [-0.4, -0.2) is 26.1 Å². The fourth-order valence-electron chi connectivity index (χ4n) is 2.10. The van der Waals surface area contributed by atoms with Gasteiger partial charge in [0.2, 0.25) is 0 Å². The van der Waals surface area contributed by atoms with Crippen LogP contribution in [0.2, 0.25) is 0 Å². The molecule has 0 bridgehead atoms. The first-order valence-electron chi connectivity index (χ1n) is 5.55. The third-order valence-corrected chi connectivity index (χ3v) is 2.84. The maximum Gasteiger partial charge on any atom is 0.326 e. The topological polar surface area (TPSA) is 116 Å². The molecule has 0 spiro atoms. The van der Waals surface area contributed by atoms with Gasteiger partial charge in [-0.05, 0) is 12.1 Å². The first-order chi connectivity index (χ1) is 8.72. The van der Waals surface area contributed by atoms with Gasteiger partial charge >= 0.3 is 5.69 Å². The number of aromatic nitrogens is 4. The minimum absolute atomic E-state index is 0.248. The molecule has 0 amide bonds. The molecular weight excluding hydrogens is 232 g/mol. The Morgan fingerprint density at radius 1 is 1.44 bits per heavy atom. The van der Waals surface area contributed by atoms with Crippen LogP contribution >= 0.6 is 0 Å². The maximum atomic E-state index is 11.9. The fourth-order valence-corrected chi connectivity index (χ4v) is 2.10. The number of fused-ring (bicyclic) bond motifs is 3. The highest BCUT2D eigenvalue weighted by Gasteiger charge is 2.14. The van der Waals surface area contributed by atoms with Gasteiger partial charge in [-0.15, -0.1) is 0 Å². The second-order valence-corrected chi connectivity index (χ2v) is 3.96. The summed E-state index contributed by atoms with van der Waals surface area (Å²) in [5.41, 5.74) is 13.6. The smallest absolute Gasteiger partial charge is 0.326 e. The number of rotatable bonds is 2. The molecule has 0 fully saturated rings. The Hall–Kier alpha value is -2.41. The number of nitrogens with two attached hydrogens (primary N) is 2. The quantitative estimate of drug-likeness (QED) is 0.578. The van der Waals surface area contributed by atoms with E-state index in [4.69, 9.17) is 11.5 Å². The summed E-state index contributed by atoms with van der Waals surface area (Å²) in [5, 5.41) is 0. The number of pyridine rings is 2.